The molecule has 7 heteroatoms. The number of thioether (sulfide) groups is 1. The molecule has 0 aliphatic heterocycles. The smallest absolute Gasteiger partial charge is 0.262 e. The third kappa shape index (κ3) is 4.78. The molecule has 1 aliphatic rings. The molecule has 0 unspecified atom stereocenters. The molecule has 1 aromatic carbocycles. The Bertz CT molecular complexity index is 1070. The molecule has 0 atom stereocenters. The Morgan fingerprint density at radius 1 is 1.17 bits per heavy atom. The topological polar surface area (TPSA) is 73.8 Å². The van der Waals surface area contributed by atoms with Crippen LogP contribution >= 0.6 is 11.8 Å². The molecular formula is C22H26N4O2S. The van der Waals surface area contributed by atoms with Crippen LogP contribution in [0.3, 0.4) is 0 Å². The van der Waals surface area contributed by atoms with Gasteiger partial charge in [0, 0.05) is 13.0 Å². The van der Waals surface area contributed by atoms with Gasteiger partial charge < -0.3 is 4.52 Å². The Balaban J connectivity index is 1.59. The lowest BCUT2D eigenvalue weighted by Crippen LogP contribution is -2.24. The van der Waals surface area contributed by atoms with Gasteiger partial charge in [-0.2, -0.15) is 4.98 Å². The molecule has 4 rings (SSSR count). The van der Waals surface area contributed by atoms with Crippen molar-refractivity contribution >= 4 is 22.7 Å². The summed E-state index contributed by atoms with van der Waals surface area (Å²) in [7, 11) is 0. The molecule has 0 saturated heterocycles. The number of benzene rings is 1. The number of aryl methyl sites for hydroxylation is 1. The molecule has 29 heavy (non-hydrogen) atoms. The minimum absolute atomic E-state index is 0.0225. The first-order chi connectivity index (χ1) is 14.2. The molecule has 152 valence electrons. The molecular weight excluding hydrogens is 384 g/mol. The second-order valence-corrected chi connectivity index (χ2v) is 8.31. The summed E-state index contributed by atoms with van der Waals surface area (Å²) >= 11 is 1.49. The molecule has 1 aliphatic carbocycles. The monoisotopic (exact) mass is 410 g/mol. The first kappa shape index (κ1) is 19.9. The van der Waals surface area contributed by atoms with Crippen LogP contribution in [0.4, 0.5) is 0 Å². The summed E-state index contributed by atoms with van der Waals surface area (Å²) in [5.74, 6) is 1.83. The number of hydrogen-bond donors (Lipinski definition) is 0. The number of hydrogen-bond acceptors (Lipinski definition) is 6. The number of aromatic nitrogens is 4. The number of para-hydroxylation sites is 1. The van der Waals surface area contributed by atoms with Crippen molar-refractivity contribution in [2.75, 3.05) is 0 Å². The highest BCUT2D eigenvalue weighted by atomic mass is 32.2. The van der Waals surface area contributed by atoms with E-state index < -0.39 is 0 Å². The SMILES string of the molecule is CCCc1nc(CSc2nc3ccccc3c(=O)n2CCC2=CCCCC2)no1. The van der Waals surface area contributed by atoms with Gasteiger partial charge >= 0.3 is 0 Å². The van der Waals surface area contributed by atoms with Gasteiger partial charge in [0.25, 0.3) is 5.56 Å². The molecule has 0 N–H and O–H groups in total. The van der Waals surface area contributed by atoms with Crippen molar-refractivity contribution in [1.29, 1.82) is 0 Å². The van der Waals surface area contributed by atoms with Crippen LogP contribution in [-0.2, 0) is 18.7 Å². The molecule has 6 nitrogen and oxygen atoms in total. The van der Waals surface area contributed by atoms with E-state index in [-0.39, 0.29) is 5.56 Å². The van der Waals surface area contributed by atoms with Gasteiger partial charge in [-0.25, -0.2) is 4.98 Å². The summed E-state index contributed by atoms with van der Waals surface area (Å²) in [4.78, 5) is 22.4. The van der Waals surface area contributed by atoms with Crippen molar-refractivity contribution in [1.82, 2.24) is 19.7 Å². The van der Waals surface area contributed by atoms with Crippen molar-refractivity contribution in [3.8, 4) is 0 Å². The van der Waals surface area contributed by atoms with Gasteiger partial charge in [-0.15, -0.1) is 0 Å². The average molecular weight is 411 g/mol. The van der Waals surface area contributed by atoms with Crippen LogP contribution in [0.15, 0.2) is 50.4 Å². The van der Waals surface area contributed by atoms with Crippen molar-refractivity contribution in [3.63, 3.8) is 0 Å². The van der Waals surface area contributed by atoms with Crippen LogP contribution < -0.4 is 5.56 Å². The van der Waals surface area contributed by atoms with Crippen LogP contribution in [-0.4, -0.2) is 19.7 Å². The molecule has 0 fully saturated rings. The van der Waals surface area contributed by atoms with Crippen LogP contribution in [0.25, 0.3) is 10.9 Å². The quantitative estimate of drug-likeness (QED) is 0.298. The average Bonchev–Trinajstić information content (AvgIpc) is 3.20. The predicted octanol–water partition coefficient (Wildman–Crippen LogP) is 4.91. The first-order valence-corrected chi connectivity index (χ1v) is 11.3. The zero-order valence-corrected chi connectivity index (χ0v) is 17.6. The number of rotatable bonds is 8. The zero-order chi connectivity index (χ0) is 20.1. The predicted molar refractivity (Wildman–Crippen MR) is 115 cm³/mol. The van der Waals surface area contributed by atoms with Gasteiger partial charge in [-0.1, -0.05) is 47.6 Å². The summed E-state index contributed by atoms with van der Waals surface area (Å²) in [6, 6.07) is 7.55. The van der Waals surface area contributed by atoms with Crippen molar-refractivity contribution in [2.24, 2.45) is 0 Å². The fourth-order valence-corrected chi connectivity index (χ4v) is 4.50. The molecule has 0 radical (unpaired) electrons. The van der Waals surface area contributed by atoms with Gasteiger partial charge in [0.05, 0.1) is 16.7 Å². The second kappa shape index (κ2) is 9.39. The normalized spacial score (nSPS) is 14.3. The van der Waals surface area contributed by atoms with E-state index in [4.69, 9.17) is 9.51 Å². The van der Waals surface area contributed by atoms with E-state index in [0.717, 1.165) is 37.6 Å². The highest BCUT2D eigenvalue weighted by molar-refractivity contribution is 7.98. The Labute approximate surface area is 174 Å². The number of nitrogens with zero attached hydrogens (tertiary/aromatic N) is 4. The number of fused-ring (bicyclic) bond motifs is 1. The standard InChI is InChI=1S/C22H26N4O2S/c1-2-8-20-24-19(25-28-20)15-29-22-23-18-12-7-6-11-17(18)21(27)26(22)14-13-16-9-4-3-5-10-16/h6-7,9,11-12H,2-5,8,10,13-15H2,1H3. The fraction of sp³-hybridized carbons (Fsp3) is 0.455. The van der Waals surface area contributed by atoms with E-state index in [1.165, 1.54) is 30.2 Å². The maximum absolute atomic E-state index is 13.2. The lowest BCUT2D eigenvalue weighted by Gasteiger charge is -2.16. The Hall–Kier alpha value is -2.41. The van der Waals surface area contributed by atoms with Crippen LogP contribution in [0, 0.1) is 0 Å². The van der Waals surface area contributed by atoms with E-state index in [1.54, 1.807) is 0 Å². The largest absolute Gasteiger partial charge is 0.339 e. The van der Waals surface area contributed by atoms with Gasteiger partial charge in [0.1, 0.15) is 0 Å². The maximum atomic E-state index is 13.2. The zero-order valence-electron chi connectivity index (χ0n) is 16.8. The Kier molecular flexibility index (Phi) is 6.44. The molecule has 0 bridgehead atoms. The van der Waals surface area contributed by atoms with Gasteiger partial charge in [-0.05, 0) is 50.7 Å². The summed E-state index contributed by atoms with van der Waals surface area (Å²) in [6.07, 6.45) is 9.80. The first-order valence-electron chi connectivity index (χ1n) is 10.4. The van der Waals surface area contributed by atoms with Gasteiger partial charge in [0.15, 0.2) is 11.0 Å². The van der Waals surface area contributed by atoms with Gasteiger partial charge in [0.2, 0.25) is 5.89 Å². The second-order valence-electron chi connectivity index (χ2n) is 7.37. The van der Waals surface area contributed by atoms with E-state index in [1.807, 2.05) is 28.8 Å². The minimum Gasteiger partial charge on any atom is -0.339 e. The summed E-state index contributed by atoms with van der Waals surface area (Å²) < 4.78 is 7.09. The molecule has 0 amide bonds. The number of allylic oxidation sites excluding steroid dienone is 2. The van der Waals surface area contributed by atoms with Crippen LogP contribution in [0.5, 0.6) is 0 Å². The lowest BCUT2D eigenvalue weighted by molar-refractivity contribution is 0.373. The van der Waals surface area contributed by atoms with Crippen LogP contribution in [0.1, 0.15) is 57.2 Å². The van der Waals surface area contributed by atoms with Crippen molar-refractivity contribution < 1.29 is 4.52 Å². The van der Waals surface area contributed by atoms with Crippen LogP contribution in [0.2, 0.25) is 0 Å². The van der Waals surface area contributed by atoms with E-state index in [2.05, 4.69) is 23.1 Å². The van der Waals surface area contributed by atoms with E-state index in [9.17, 15) is 4.79 Å². The summed E-state index contributed by atoms with van der Waals surface area (Å²) in [6.45, 7) is 2.73. The van der Waals surface area contributed by atoms with E-state index >= 15 is 0 Å². The third-order valence-electron chi connectivity index (χ3n) is 5.17. The molecule has 0 spiro atoms. The molecule has 0 saturated carbocycles. The summed E-state index contributed by atoms with van der Waals surface area (Å²) in [5, 5.41) is 5.43. The molecule has 2 heterocycles. The van der Waals surface area contributed by atoms with Crippen molar-refractivity contribution in [3.05, 3.63) is 58.0 Å². The Morgan fingerprint density at radius 2 is 2.07 bits per heavy atom. The lowest BCUT2D eigenvalue weighted by atomic mass is 9.97. The van der Waals surface area contributed by atoms with E-state index in [0.29, 0.717) is 34.6 Å². The molecule has 3 aromatic rings. The summed E-state index contributed by atoms with van der Waals surface area (Å²) in [5.41, 5.74) is 2.21. The highest BCUT2D eigenvalue weighted by Crippen LogP contribution is 2.24. The fourth-order valence-electron chi connectivity index (χ4n) is 3.64. The molecule has 2 aromatic heterocycles. The highest BCUT2D eigenvalue weighted by Gasteiger charge is 2.14. The van der Waals surface area contributed by atoms with Crippen molar-refractivity contribution in [2.45, 2.75) is 69.3 Å². The Morgan fingerprint density at radius 3 is 2.90 bits per heavy atom. The third-order valence-corrected chi connectivity index (χ3v) is 6.14. The minimum atomic E-state index is 0.0225. The van der Waals surface area contributed by atoms with Gasteiger partial charge in [-0.3, -0.25) is 9.36 Å². The maximum Gasteiger partial charge on any atom is 0.262 e.